The molecule has 4 rings (SSSR count). The van der Waals surface area contributed by atoms with Crippen LogP contribution < -0.4 is 10.1 Å². The van der Waals surface area contributed by atoms with E-state index in [0.29, 0.717) is 16.7 Å². The van der Waals surface area contributed by atoms with Gasteiger partial charge in [-0.2, -0.15) is 4.98 Å². The lowest BCUT2D eigenvalue weighted by Crippen LogP contribution is -2.15. The van der Waals surface area contributed by atoms with Gasteiger partial charge in [0.15, 0.2) is 5.69 Å². The van der Waals surface area contributed by atoms with Gasteiger partial charge in [0.05, 0.1) is 8.66 Å². The van der Waals surface area contributed by atoms with Crippen LogP contribution in [0.3, 0.4) is 0 Å². The van der Waals surface area contributed by atoms with Crippen LogP contribution in [0.15, 0.2) is 45.3 Å². The van der Waals surface area contributed by atoms with E-state index in [1.165, 1.54) is 19.3 Å². The van der Waals surface area contributed by atoms with Crippen molar-refractivity contribution in [3.63, 3.8) is 0 Å². The first-order valence-electron chi connectivity index (χ1n) is 9.40. The van der Waals surface area contributed by atoms with Gasteiger partial charge in [-0.25, -0.2) is 0 Å². The number of unbranched alkanes of at least 4 members (excludes halogenated alkanes) is 3. The number of thioether (sulfide) groups is 1. The quantitative estimate of drug-likeness (QED) is 0.308. The zero-order chi connectivity index (χ0) is 19.3. The molecule has 1 aliphatic heterocycles. The van der Waals surface area contributed by atoms with E-state index in [4.69, 9.17) is 9.72 Å². The summed E-state index contributed by atoms with van der Waals surface area (Å²) in [5, 5.41) is 12.9. The Kier molecular flexibility index (Phi) is 6.49. The van der Waals surface area contributed by atoms with Gasteiger partial charge in [0.2, 0.25) is 17.3 Å². The van der Waals surface area contributed by atoms with Gasteiger partial charge in [-0.15, -0.1) is 21.5 Å². The van der Waals surface area contributed by atoms with Crippen LogP contribution >= 0.6 is 39.0 Å². The molecular weight excluding hydrogens is 456 g/mol. The summed E-state index contributed by atoms with van der Waals surface area (Å²) in [5.74, 6) is 1.52. The molecule has 3 aromatic rings. The third-order valence-electron chi connectivity index (χ3n) is 4.42. The first-order chi connectivity index (χ1) is 13.7. The summed E-state index contributed by atoms with van der Waals surface area (Å²) in [4.78, 5) is 5.76. The Morgan fingerprint density at radius 1 is 1.14 bits per heavy atom. The van der Waals surface area contributed by atoms with Crippen LogP contribution in [0.5, 0.6) is 5.88 Å². The average Bonchev–Trinajstić information content (AvgIpc) is 3.07. The second-order valence-electron chi connectivity index (χ2n) is 6.49. The zero-order valence-corrected chi connectivity index (χ0v) is 18.7. The normalized spacial score (nSPS) is 15.1. The number of anilines is 1. The second-order valence-corrected chi connectivity index (χ2v) is 10.0. The van der Waals surface area contributed by atoms with E-state index in [1.54, 1.807) is 23.1 Å². The number of para-hydroxylation sites is 1. The Balaban J connectivity index is 1.61. The maximum atomic E-state index is 6.28. The first kappa shape index (κ1) is 19.7. The van der Waals surface area contributed by atoms with Crippen LogP contribution in [-0.2, 0) is 0 Å². The van der Waals surface area contributed by atoms with E-state index in [2.05, 4.69) is 44.4 Å². The molecule has 0 fully saturated rings. The van der Waals surface area contributed by atoms with Gasteiger partial charge in [0.25, 0.3) is 0 Å². The molecule has 1 atom stereocenters. The first-order valence-corrected chi connectivity index (χ1v) is 12.0. The summed E-state index contributed by atoms with van der Waals surface area (Å²) in [7, 11) is 0. The number of benzene rings is 1. The molecule has 28 heavy (non-hydrogen) atoms. The van der Waals surface area contributed by atoms with Gasteiger partial charge in [0, 0.05) is 17.0 Å². The smallest absolute Gasteiger partial charge is 0.247 e. The Labute approximate surface area is 181 Å². The van der Waals surface area contributed by atoms with E-state index in [9.17, 15) is 0 Å². The van der Waals surface area contributed by atoms with Crippen molar-refractivity contribution in [2.24, 2.45) is 0 Å². The summed E-state index contributed by atoms with van der Waals surface area (Å²) >= 11 is 6.82. The average molecular weight is 477 g/mol. The summed E-state index contributed by atoms with van der Waals surface area (Å²) < 4.78 is 7.34. The number of thiophene rings is 1. The highest BCUT2D eigenvalue weighted by Crippen LogP contribution is 2.41. The Morgan fingerprint density at radius 2 is 2.04 bits per heavy atom. The molecular formula is C20H21BrN4OS2. The minimum atomic E-state index is -0.321. The highest BCUT2D eigenvalue weighted by molar-refractivity contribution is 9.11. The van der Waals surface area contributed by atoms with Crippen LogP contribution in [0.2, 0.25) is 0 Å². The highest BCUT2D eigenvalue weighted by atomic mass is 79.9. The van der Waals surface area contributed by atoms with Crippen LogP contribution in [0.25, 0.3) is 11.3 Å². The molecule has 1 N–H and O–H groups in total. The predicted octanol–water partition coefficient (Wildman–Crippen LogP) is 6.54. The van der Waals surface area contributed by atoms with Crippen molar-refractivity contribution in [2.75, 3.05) is 11.1 Å². The van der Waals surface area contributed by atoms with E-state index in [-0.39, 0.29) is 6.23 Å². The van der Waals surface area contributed by atoms with Crippen molar-refractivity contribution in [1.82, 2.24) is 15.2 Å². The molecule has 8 heteroatoms. The van der Waals surface area contributed by atoms with Crippen molar-refractivity contribution in [3.8, 4) is 17.1 Å². The number of rotatable bonds is 7. The monoisotopic (exact) mass is 476 g/mol. The number of hydrogen-bond acceptors (Lipinski definition) is 7. The SMILES string of the molecule is CCCCCCSc1nnc2c(n1)OC(c1ccc(Br)s1)Nc1ccccc1-2. The maximum Gasteiger partial charge on any atom is 0.247 e. The van der Waals surface area contributed by atoms with Crippen LogP contribution in [-0.4, -0.2) is 20.9 Å². The highest BCUT2D eigenvalue weighted by Gasteiger charge is 2.26. The molecule has 1 unspecified atom stereocenters. The molecule has 0 saturated heterocycles. The number of fused-ring (bicyclic) bond motifs is 3. The molecule has 5 nitrogen and oxygen atoms in total. The summed E-state index contributed by atoms with van der Waals surface area (Å²) in [6, 6.07) is 12.1. The number of halogens is 1. The molecule has 0 spiro atoms. The molecule has 1 aromatic carbocycles. The molecule has 0 aliphatic carbocycles. The number of aromatic nitrogens is 3. The molecule has 0 amide bonds. The van der Waals surface area contributed by atoms with E-state index < -0.39 is 0 Å². The summed E-state index contributed by atoms with van der Waals surface area (Å²) in [5.41, 5.74) is 2.60. The van der Waals surface area contributed by atoms with Gasteiger partial charge in [-0.3, -0.25) is 0 Å². The van der Waals surface area contributed by atoms with Gasteiger partial charge < -0.3 is 10.1 Å². The predicted molar refractivity (Wildman–Crippen MR) is 119 cm³/mol. The number of nitrogens with one attached hydrogen (secondary N) is 1. The van der Waals surface area contributed by atoms with E-state index in [0.717, 1.165) is 32.1 Å². The zero-order valence-electron chi connectivity index (χ0n) is 15.5. The largest absolute Gasteiger partial charge is 0.447 e. The van der Waals surface area contributed by atoms with Crippen molar-refractivity contribution < 1.29 is 4.74 Å². The summed E-state index contributed by atoms with van der Waals surface area (Å²) in [6.45, 7) is 2.22. The van der Waals surface area contributed by atoms with Crippen LogP contribution in [0.1, 0.15) is 43.7 Å². The lowest BCUT2D eigenvalue weighted by Gasteiger charge is -2.17. The third-order valence-corrected chi connectivity index (χ3v) is 7.01. The third kappa shape index (κ3) is 4.50. The van der Waals surface area contributed by atoms with Crippen LogP contribution in [0, 0.1) is 0 Å². The minimum Gasteiger partial charge on any atom is -0.447 e. The molecule has 0 saturated carbocycles. The second kappa shape index (κ2) is 9.24. The molecule has 0 radical (unpaired) electrons. The lowest BCUT2D eigenvalue weighted by atomic mass is 10.1. The Bertz CT molecular complexity index is 949. The van der Waals surface area contributed by atoms with Gasteiger partial charge in [0.1, 0.15) is 0 Å². The number of nitrogens with zero attached hydrogens (tertiary/aromatic N) is 3. The van der Waals surface area contributed by atoms with Crippen molar-refractivity contribution in [2.45, 2.75) is 44.0 Å². The Hall–Kier alpha value is -1.64. The standard InChI is InChI=1S/C20H21BrN4OS2/c1-2-3-4-7-12-27-20-23-19-17(24-25-20)13-8-5-6-9-14(13)22-18(26-19)15-10-11-16(21)28-15/h5-6,8-11,18,22H,2-4,7,12H2,1H3. The summed E-state index contributed by atoms with van der Waals surface area (Å²) in [6.07, 6.45) is 4.59. The number of ether oxygens (including phenoxy) is 1. The maximum absolute atomic E-state index is 6.28. The van der Waals surface area contributed by atoms with Crippen molar-refractivity contribution in [3.05, 3.63) is 45.1 Å². The van der Waals surface area contributed by atoms with Gasteiger partial charge in [-0.1, -0.05) is 56.1 Å². The lowest BCUT2D eigenvalue weighted by molar-refractivity contribution is 0.229. The van der Waals surface area contributed by atoms with E-state index >= 15 is 0 Å². The fourth-order valence-electron chi connectivity index (χ4n) is 3.00. The molecule has 3 heterocycles. The fraction of sp³-hybridized carbons (Fsp3) is 0.350. The molecule has 146 valence electrons. The topological polar surface area (TPSA) is 59.9 Å². The van der Waals surface area contributed by atoms with Crippen molar-refractivity contribution in [1.29, 1.82) is 0 Å². The Morgan fingerprint density at radius 3 is 2.86 bits per heavy atom. The molecule has 1 aliphatic rings. The molecule has 2 aromatic heterocycles. The minimum absolute atomic E-state index is 0.321. The number of hydrogen-bond donors (Lipinski definition) is 1. The fourth-order valence-corrected chi connectivity index (χ4v) is 5.18. The van der Waals surface area contributed by atoms with E-state index in [1.807, 2.05) is 30.3 Å². The van der Waals surface area contributed by atoms with Crippen molar-refractivity contribution >= 4 is 44.7 Å². The van der Waals surface area contributed by atoms with Crippen LogP contribution in [0.4, 0.5) is 5.69 Å². The van der Waals surface area contributed by atoms with Gasteiger partial charge in [-0.05, 0) is 40.5 Å². The van der Waals surface area contributed by atoms with Gasteiger partial charge >= 0.3 is 0 Å². The molecule has 0 bridgehead atoms.